The SMILES string of the molecule is COc1ccc(CNc2nc3ccccc3c3c2[nH]c(=O)n3Cc2ccc(CN3CCCC3)c(C)c2)cc1. The fraction of sp³-hybridized carbons (Fsp3) is 0.290. The van der Waals surface area contributed by atoms with Crippen LogP contribution in [0.2, 0.25) is 0 Å². The Bertz CT molecular complexity index is 1650. The van der Waals surface area contributed by atoms with E-state index in [-0.39, 0.29) is 5.69 Å². The van der Waals surface area contributed by atoms with Crippen LogP contribution in [0.4, 0.5) is 5.82 Å². The number of rotatable bonds is 8. The largest absolute Gasteiger partial charge is 0.497 e. The number of aromatic nitrogens is 3. The monoisotopic (exact) mass is 507 g/mol. The Hall–Kier alpha value is -4.10. The summed E-state index contributed by atoms with van der Waals surface area (Å²) in [5.41, 5.74) is 7.16. The number of likely N-dealkylation sites (tertiary alicyclic amines) is 1. The molecule has 3 heterocycles. The predicted octanol–water partition coefficient (Wildman–Crippen LogP) is 5.45. The Kier molecular flexibility index (Phi) is 6.60. The van der Waals surface area contributed by atoms with Gasteiger partial charge in [-0.25, -0.2) is 9.78 Å². The Labute approximate surface area is 222 Å². The van der Waals surface area contributed by atoms with Crippen LogP contribution >= 0.6 is 0 Å². The number of aromatic amines is 1. The number of nitrogens with zero attached hydrogens (tertiary/aromatic N) is 3. The van der Waals surface area contributed by atoms with Gasteiger partial charge in [0.15, 0.2) is 5.82 Å². The molecule has 7 heteroatoms. The van der Waals surface area contributed by atoms with Gasteiger partial charge in [-0.05, 0) is 73.3 Å². The minimum absolute atomic E-state index is 0.135. The van der Waals surface area contributed by atoms with Crippen molar-refractivity contribution in [2.75, 3.05) is 25.5 Å². The average Bonchev–Trinajstić information content (AvgIpc) is 3.57. The first-order chi connectivity index (χ1) is 18.6. The van der Waals surface area contributed by atoms with Crippen molar-refractivity contribution in [1.82, 2.24) is 19.4 Å². The molecule has 5 aromatic rings. The summed E-state index contributed by atoms with van der Waals surface area (Å²) in [4.78, 5) is 23.8. The van der Waals surface area contributed by atoms with Crippen LogP contribution in [0.15, 0.2) is 71.5 Å². The molecule has 0 saturated carbocycles. The first-order valence-corrected chi connectivity index (χ1v) is 13.3. The lowest BCUT2D eigenvalue weighted by Crippen LogP contribution is -2.19. The molecule has 0 spiro atoms. The molecule has 6 rings (SSSR count). The number of H-pyrrole nitrogens is 1. The molecule has 1 aliphatic rings. The highest BCUT2D eigenvalue weighted by Gasteiger charge is 2.17. The second kappa shape index (κ2) is 10.3. The van der Waals surface area contributed by atoms with Crippen molar-refractivity contribution >= 4 is 27.8 Å². The molecule has 194 valence electrons. The fourth-order valence-corrected chi connectivity index (χ4v) is 5.48. The Morgan fingerprint density at radius 1 is 0.974 bits per heavy atom. The molecule has 0 aliphatic carbocycles. The minimum atomic E-state index is -0.135. The van der Waals surface area contributed by atoms with Crippen molar-refractivity contribution in [3.05, 3.63) is 99.5 Å². The number of nitrogens with one attached hydrogen (secondary N) is 2. The molecule has 2 N–H and O–H groups in total. The van der Waals surface area contributed by atoms with E-state index in [0.717, 1.165) is 45.4 Å². The summed E-state index contributed by atoms with van der Waals surface area (Å²) in [7, 11) is 1.66. The van der Waals surface area contributed by atoms with Crippen molar-refractivity contribution in [3.63, 3.8) is 0 Å². The van der Waals surface area contributed by atoms with Gasteiger partial charge < -0.3 is 15.0 Å². The number of aryl methyl sites for hydroxylation is 1. The molecule has 3 aromatic carbocycles. The van der Waals surface area contributed by atoms with Crippen molar-refractivity contribution in [1.29, 1.82) is 0 Å². The lowest BCUT2D eigenvalue weighted by atomic mass is 10.0. The summed E-state index contributed by atoms with van der Waals surface area (Å²) in [5, 5.41) is 4.41. The van der Waals surface area contributed by atoms with Crippen LogP contribution in [-0.4, -0.2) is 39.6 Å². The van der Waals surface area contributed by atoms with Crippen molar-refractivity contribution < 1.29 is 4.74 Å². The molecule has 0 radical (unpaired) electrons. The van der Waals surface area contributed by atoms with Crippen LogP contribution in [0, 0.1) is 6.92 Å². The number of fused-ring (bicyclic) bond motifs is 3. The lowest BCUT2D eigenvalue weighted by Gasteiger charge is -2.17. The van der Waals surface area contributed by atoms with E-state index in [9.17, 15) is 4.79 Å². The van der Waals surface area contributed by atoms with E-state index in [2.05, 4.69) is 40.3 Å². The van der Waals surface area contributed by atoms with Gasteiger partial charge in [-0.1, -0.05) is 48.5 Å². The van der Waals surface area contributed by atoms with Gasteiger partial charge >= 0.3 is 5.69 Å². The summed E-state index contributed by atoms with van der Waals surface area (Å²) in [6.45, 7) is 6.61. The van der Waals surface area contributed by atoms with E-state index in [1.807, 2.05) is 53.1 Å². The molecule has 1 fully saturated rings. The van der Waals surface area contributed by atoms with Crippen LogP contribution in [0.5, 0.6) is 5.75 Å². The molecule has 7 nitrogen and oxygen atoms in total. The molecule has 1 saturated heterocycles. The van der Waals surface area contributed by atoms with Gasteiger partial charge in [0, 0.05) is 18.5 Å². The third-order valence-corrected chi connectivity index (χ3v) is 7.57. The zero-order chi connectivity index (χ0) is 26.1. The van der Waals surface area contributed by atoms with Gasteiger partial charge in [-0.3, -0.25) is 9.47 Å². The van der Waals surface area contributed by atoms with Crippen LogP contribution in [0.1, 0.15) is 35.1 Å². The van der Waals surface area contributed by atoms with Crippen LogP contribution in [0.3, 0.4) is 0 Å². The van der Waals surface area contributed by atoms with Gasteiger partial charge in [0.25, 0.3) is 0 Å². The molecule has 0 bridgehead atoms. The summed E-state index contributed by atoms with van der Waals surface area (Å²) in [6, 6.07) is 22.5. The summed E-state index contributed by atoms with van der Waals surface area (Å²) < 4.78 is 7.11. The normalized spacial score (nSPS) is 13.9. The molecule has 38 heavy (non-hydrogen) atoms. The van der Waals surface area contributed by atoms with Gasteiger partial charge in [-0.2, -0.15) is 0 Å². The van der Waals surface area contributed by atoms with Crippen molar-refractivity contribution in [2.24, 2.45) is 0 Å². The number of pyridine rings is 1. The Morgan fingerprint density at radius 2 is 1.74 bits per heavy atom. The Balaban J connectivity index is 1.34. The molecular weight excluding hydrogens is 474 g/mol. The van der Waals surface area contributed by atoms with Gasteiger partial charge in [-0.15, -0.1) is 0 Å². The summed E-state index contributed by atoms with van der Waals surface area (Å²) in [6.07, 6.45) is 2.58. The van der Waals surface area contributed by atoms with E-state index < -0.39 is 0 Å². The number of anilines is 1. The van der Waals surface area contributed by atoms with E-state index in [1.54, 1.807) is 7.11 Å². The third-order valence-electron chi connectivity index (χ3n) is 7.57. The minimum Gasteiger partial charge on any atom is -0.497 e. The fourth-order valence-electron chi connectivity index (χ4n) is 5.48. The average molecular weight is 508 g/mol. The van der Waals surface area contributed by atoms with E-state index in [0.29, 0.717) is 18.9 Å². The van der Waals surface area contributed by atoms with Gasteiger partial charge in [0.1, 0.15) is 11.3 Å². The lowest BCUT2D eigenvalue weighted by molar-refractivity contribution is 0.330. The van der Waals surface area contributed by atoms with Crippen LogP contribution in [-0.2, 0) is 19.6 Å². The Morgan fingerprint density at radius 3 is 2.50 bits per heavy atom. The maximum absolute atomic E-state index is 13.3. The van der Waals surface area contributed by atoms with Crippen molar-refractivity contribution in [3.8, 4) is 5.75 Å². The maximum atomic E-state index is 13.3. The van der Waals surface area contributed by atoms with Crippen LogP contribution in [0.25, 0.3) is 21.9 Å². The van der Waals surface area contributed by atoms with Gasteiger partial charge in [0.05, 0.1) is 24.7 Å². The summed E-state index contributed by atoms with van der Waals surface area (Å²) >= 11 is 0. The highest BCUT2D eigenvalue weighted by atomic mass is 16.5. The zero-order valence-electron chi connectivity index (χ0n) is 22.0. The molecule has 0 atom stereocenters. The quantitative estimate of drug-likeness (QED) is 0.292. The molecule has 0 amide bonds. The third kappa shape index (κ3) is 4.77. The topological polar surface area (TPSA) is 75.2 Å². The highest BCUT2D eigenvalue weighted by molar-refractivity contribution is 6.06. The number of methoxy groups -OCH3 is 1. The number of imidazole rings is 1. The number of hydrogen-bond acceptors (Lipinski definition) is 5. The van der Waals surface area contributed by atoms with Crippen LogP contribution < -0.4 is 15.7 Å². The van der Waals surface area contributed by atoms with E-state index in [4.69, 9.17) is 9.72 Å². The second-order valence-corrected chi connectivity index (χ2v) is 10.2. The van der Waals surface area contributed by atoms with Crippen molar-refractivity contribution in [2.45, 2.75) is 39.4 Å². The smallest absolute Gasteiger partial charge is 0.326 e. The number of ether oxygens (including phenoxy) is 1. The standard InChI is InChI=1S/C31H33N5O2/c1-21-17-23(9-12-24(21)20-35-15-5-6-16-35)19-36-29-26-7-3-4-8-27(26)33-30(28(29)34-31(36)37)32-18-22-10-13-25(38-2)14-11-22/h3-4,7-14,17H,5-6,15-16,18-20H2,1-2H3,(H,32,33)(H,34,37). The zero-order valence-corrected chi connectivity index (χ0v) is 22.0. The summed E-state index contributed by atoms with van der Waals surface area (Å²) in [5.74, 6) is 1.49. The second-order valence-electron chi connectivity index (χ2n) is 10.2. The first kappa shape index (κ1) is 24.2. The number of hydrogen-bond donors (Lipinski definition) is 2. The molecule has 1 aliphatic heterocycles. The van der Waals surface area contributed by atoms with Gasteiger partial charge in [0.2, 0.25) is 0 Å². The number of para-hydroxylation sites is 1. The van der Waals surface area contributed by atoms with E-state index in [1.165, 1.54) is 37.1 Å². The maximum Gasteiger partial charge on any atom is 0.326 e. The predicted molar refractivity (Wildman–Crippen MR) is 153 cm³/mol. The number of benzene rings is 3. The molecule has 0 unspecified atom stereocenters. The van der Waals surface area contributed by atoms with E-state index >= 15 is 0 Å². The molecule has 2 aromatic heterocycles. The highest BCUT2D eigenvalue weighted by Crippen LogP contribution is 2.28. The molecular formula is C31H33N5O2. The first-order valence-electron chi connectivity index (χ1n) is 13.3.